The molecule has 4 rings (SSSR count). The van der Waals surface area contributed by atoms with E-state index in [1.807, 2.05) is 29.7 Å². The van der Waals surface area contributed by atoms with Crippen molar-refractivity contribution in [3.8, 4) is 0 Å². The van der Waals surface area contributed by atoms with Gasteiger partial charge in [-0.15, -0.1) is 11.3 Å². The van der Waals surface area contributed by atoms with Crippen LogP contribution in [0.1, 0.15) is 50.3 Å². The van der Waals surface area contributed by atoms with E-state index in [9.17, 15) is 14.0 Å². The van der Waals surface area contributed by atoms with Crippen LogP contribution in [0.4, 0.5) is 10.1 Å². The fraction of sp³-hybridized carbons (Fsp3) is 0.407. The highest BCUT2D eigenvalue weighted by Crippen LogP contribution is 2.29. The van der Waals surface area contributed by atoms with Gasteiger partial charge in [0.15, 0.2) is 0 Å². The molecule has 2 aromatic rings. The molecule has 33 heavy (non-hydrogen) atoms. The first kappa shape index (κ1) is 23.4. The van der Waals surface area contributed by atoms with E-state index in [-0.39, 0.29) is 30.2 Å². The first-order chi connectivity index (χ1) is 16.0. The van der Waals surface area contributed by atoms with Gasteiger partial charge >= 0.3 is 0 Å². The molecule has 0 radical (unpaired) electrons. The number of carbonyl (C=O) groups excluding carboxylic acids is 2. The predicted octanol–water partition coefficient (Wildman–Crippen LogP) is 5.80. The highest BCUT2D eigenvalue weighted by molar-refractivity contribution is 7.10. The van der Waals surface area contributed by atoms with E-state index in [2.05, 4.69) is 18.3 Å². The van der Waals surface area contributed by atoms with E-state index < -0.39 is 11.9 Å². The molecule has 2 amide bonds. The lowest BCUT2D eigenvalue weighted by Gasteiger charge is -2.35. The lowest BCUT2D eigenvalue weighted by atomic mass is 9.90. The summed E-state index contributed by atoms with van der Waals surface area (Å²) in [6.45, 7) is 2.10. The minimum Gasteiger partial charge on any atom is -0.351 e. The van der Waals surface area contributed by atoms with Crippen LogP contribution >= 0.6 is 11.3 Å². The molecule has 2 aliphatic carbocycles. The second kappa shape index (κ2) is 10.9. The maximum absolute atomic E-state index is 14.2. The van der Waals surface area contributed by atoms with Crippen LogP contribution < -0.4 is 10.2 Å². The molecule has 1 aromatic heterocycles. The minimum atomic E-state index is -0.847. The zero-order valence-electron chi connectivity index (χ0n) is 19.0. The van der Waals surface area contributed by atoms with Gasteiger partial charge in [0, 0.05) is 16.6 Å². The number of benzene rings is 1. The van der Waals surface area contributed by atoms with Crippen LogP contribution in [0.2, 0.25) is 0 Å². The quantitative estimate of drug-likeness (QED) is 0.560. The summed E-state index contributed by atoms with van der Waals surface area (Å²) in [6.07, 6.45) is 12.4. The summed E-state index contributed by atoms with van der Waals surface area (Å²) in [7, 11) is 0. The van der Waals surface area contributed by atoms with Gasteiger partial charge in [-0.2, -0.15) is 0 Å². The summed E-state index contributed by atoms with van der Waals surface area (Å²) in [5.41, 5.74) is 1.18. The molecule has 1 aromatic carbocycles. The van der Waals surface area contributed by atoms with E-state index >= 15 is 0 Å². The van der Waals surface area contributed by atoms with Crippen LogP contribution in [0, 0.1) is 11.7 Å². The number of rotatable bonds is 7. The Balaban J connectivity index is 1.73. The van der Waals surface area contributed by atoms with Crippen LogP contribution in [0.25, 0.3) is 0 Å². The van der Waals surface area contributed by atoms with Crippen molar-refractivity contribution in [1.29, 1.82) is 0 Å². The second-order valence-electron chi connectivity index (χ2n) is 9.03. The highest BCUT2D eigenvalue weighted by atomic mass is 32.1. The summed E-state index contributed by atoms with van der Waals surface area (Å²) >= 11 is 1.50. The third-order valence-corrected chi connectivity index (χ3v) is 7.21. The first-order valence-corrected chi connectivity index (χ1v) is 12.7. The van der Waals surface area contributed by atoms with Crippen molar-refractivity contribution in [2.75, 3.05) is 4.90 Å². The molecule has 6 heteroatoms. The summed E-state index contributed by atoms with van der Waals surface area (Å²) in [6, 6.07) is 9.05. The van der Waals surface area contributed by atoms with Crippen molar-refractivity contribution >= 4 is 28.8 Å². The average Bonchev–Trinajstić information content (AvgIpc) is 3.31. The van der Waals surface area contributed by atoms with Crippen molar-refractivity contribution in [2.45, 2.75) is 64.0 Å². The van der Waals surface area contributed by atoms with Gasteiger partial charge < -0.3 is 5.32 Å². The Hall–Kier alpha value is -2.73. The third kappa shape index (κ3) is 5.99. The molecule has 0 saturated heterocycles. The normalized spacial score (nSPS) is 19.6. The lowest BCUT2D eigenvalue weighted by Crippen LogP contribution is -2.53. The Morgan fingerprint density at radius 1 is 1.18 bits per heavy atom. The molecule has 174 valence electrons. The molecule has 2 unspecified atom stereocenters. The molecule has 2 atom stereocenters. The summed E-state index contributed by atoms with van der Waals surface area (Å²) in [5, 5.41) is 5.14. The monoisotopic (exact) mass is 466 g/mol. The van der Waals surface area contributed by atoms with Gasteiger partial charge in [-0.05, 0) is 60.4 Å². The van der Waals surface area contributed by atoms with E-state index in [1.165, 1.54) is 34.8 Å². The van der Waals surface area contributed by atoms with Gasteiger partial charge in [-0.3, -0.25) is 14.5 Å². The number of nitrogens with zero attached hydrogens (tertiary/aromatic N) is 1. The Morgan fingerprint density at radius 3 is 2.70 bits per heavy atom. The van der Waals surface area contributed by atoms with E-state index in [0.29, 0.717) is 5.69 Å². The van der Waals surface area contributed by atoms with E-state index in [1.54, 1.807) is 12.1 Å². The number of carbonyl (C=O) groups is 2. The van der Waals surface area contributed by atoms with Crippen molar-refractivity contribution in [1.82, 2.24) is 5.32 Å². The Labute approximate surface area is 199 Å². The zero-order valence-corrected chi connectivity index (χ0v) is 19.8. The van der Waals surface area contributed by atoms with Crippen LogP contribution in [0.5, 0.6) is 0 Å². The molecule has 2 aliphatic rings. The standard InChI is InChI=1S/C27H31FN2O2S/c1-19-8-5-9-20(16-19)26(27(32)29-22-11-3-2-4-12-22)30(23-13-6-10-21(28)17-23)25(31)18-24-14-7-15-33-24/h5-7,9-10,13-17,19,22,26H,2-4,8,11-12,18H2,1H3,(H,29,32). The van der Waals surface area contributed by atoms with Gasteiger partial charge in [0.1, 0.15) is 11.9 Å². The van der Waals surface area contributed by atoms with Gasteiger partial charge in [0.05, 0.1) is 6.42 Å². The molecular formula is C27H31FN2O2S. The highest BCUT2D eigenvalue weighted by Gasteiger charge is 2.35. The molecule has 0 bridgehead atoms. The molecule has 0 spiro atoms. The van der Waals surface area contributed by atoms with Crippen molar-refractivity contribution in [3.63, 3.8) is 0 Å². The molecular weight excluding hydrogens is 435 g/mol. The van der Waals surface area contributed by atoms with E-state index in [4.69, 9.17) is 0 Å². The fourth-order valence-electron chi connectivity index (χ4n) is 4.71. The van der Waals surface area contributed by atoms with Crippen molar-refractivity contribution < 1.29 is 14.0 Å². The Morgan fingerprint density at radius 2 is 2.00 bits per heavy atom. The molecule has 1 heterocycles. The number of halogens is 1. The maximum Gasteiger partial charge on any atom is 0.248 e. The number of anilines is 1. The predicted molar refractivity (Wildman–Crippen MR) is 132 cm³/mol. The van der Waals surface area contributed by atoms with Crippen LogP contribution in [0.3, 0.4) is 0 Å². The van der Waals surface area contributed by atoms with E-state index in [0.717, 1.165) is 42.6 Å². The van der Waals surface area contributed by atoms with Gasteiger partial charge in [0.2, 0.25) is 11.8 Å². The Bertz CT molecular complexity index is 1020. The molecule has 1 fully saturated rings. The topological polar surface area (TPSA) is 49.4 Å². The van der Waals surface area contributed by atoms with Gasteiger partial charge in [-0.1, -0.05) is 56.5 Å². The fourth-order valence-corrected chi connectivity index (χ4v) is 5.40. The van der Waals surface area contributed by atoms with Crippen LogP contribution in [-0.4, -0.2) is 23.9 Å². The van der Waals surface area contributed by atoms with Crippen molar-refractivity contribution in [3.05, 3.63) is 76.3 Å². The zero-order chi connectivity index (χ0) is 23.2. The summed E-state index contributed by atoms with van der Waals surface area (Å²) in [4.78, 5) is 29.8. The number of thiophene rings is 1. The number of hydrogen-bond acceptors (Lipinski definition) is 3. The molecule has 1 N–H and O–H groups in total. The summed E-state index contributed by atoms with van der Waals surface area (Å²) < 4.78 is 14.2. The molecule has 4 nitrogen and oxygen atoms in total. The van der Waals surface area contributed by atoms with Crippen molar-refractivity contribution in [2.24, 2.45) is 5.92 Å². The molecule has 0 aliphatic heterocycles. The average molecular weight is 467 g/mol. The van der Waals surface area contributed by atoms with Crippen LogP contribution in [0.15, 0.2) is 65.6 Å². The summed E-state index contributed by atoms with van der Waals surface area (Å²) in [5.74, 6) is -0.596. The number of nitrogens with one attached hydrogen (secondary N) is 1. The minimum absolute atomic E-state index is 0.112. The third-order valence-electron chi connectivity index (χ3n) is 6.33. The Kier molecular flexibility index (Phi) is 7.76. The maximum atomic E-state index is 14.2. The molecule has 1 saturated carbocycles. The smallest absolute Gasteiger partial charge is 0.248 e. The largest absolute Gasteiger partial charge is 0.351 e. The van der Waals surface area contributed by atoms with Crippen LogP contribution in [-0.2, 0) is 16.0 Å². The number of allylic oxidation sites excluding steroid dienone is 2. The van der Waals surface area contributed by atoms with Gasteiger partial charge in [-0.25, -0.2) is 4.39 Å². The number of hydrogen-bond donors (Lipinski definition) is 1. The van der Waals surface area contributed by atoms with Gasteiger partial charge in [0.25, 0.3) is 0 Å². The number of amides is 2. The SMILES string of the molecule is CC1C=C(C(C(=O)NC2CCCCC2)N(C(=O)Cc2cccs2)c2cccc(F)c2)C=CC1. The lowest BCUT2D eigenvalue weighted by molar-refractivity contribution is -0.126. The second-order valence-corrected chi connectivity index (χ2v) is 10.1. The first-order valence-electron chi connectivity index (χ1n) is 11.8.